The largest absolute Gasteiger partial charge is 0.325 e. The normalized spacial score (nSPS) is 28.2. The summed E-state index contributed by atoms with van der Waals surface area (Å²) < 4.78 is 0. The first-order valence-electron chi connectivity index (χ1n) is 8.31. The van der Waals surface area contributed by atoms with Crippen LogP contribution in [0.3, 0.4) is 0 Å². The molecule has 2 aliphatic rings. The highest BCUT2D eigenvalue weighted by atomic mass is 16.2. The number of aryl methyl sites for hydroxylation is 1. The van der Waals surface area contributed by atoms with E-state index in [1.807, 2.05) is 18.2 Å². The zero-order valence-electron chi connectivity index (χ0n) is 13.2. The maximum Gasteiger partial charge on any atom is 0.325 e. The highest BCUT2D eigenvalue weighted by molar-refractivity contribution is 6.07. The van der Waals surface area contributed by atoms with Gasteiger partial charge in [-0.15, -0.1) is 0 Å². The van der Waals surface area contributed by atoms with Gasteiger partial charge in [-0.1, -0.05) is 50.1 Å². The Morgan fingerprint density at radius 1 is 1.23 bits per heavy atom. The fraction of sp³-hybridized carbons (Fsp3) is 0.556. The van der Waals surface area contributed by atoms with Crippen LogP contribution in [-0.2, 0) is 11.2 Å². The van der Waals surface area contributed by atoms with Crippen LogP contribution in [-0.4, -0.2) is 28.9 Å². The molecule has 4 nitrogen and oxygen atoms in total. The second-order valence-electron chi connectivity index (χ2n) is 6.59. The minimum absolute atomic E-state index is 0.00207. The molecule has 1 aromatic rings. The number of hydrogen-bond donors (Lipinski definition) is 1. The number of carbonyl (C=O) groups excluding carboxylic acids is 2. The Labute approximate surface area is 131 Å². The van der Waals surface area contributed by atoms with E-state index < -0.39 is 5.54 Å². The van der Waals surface area contributed by atoms with Crippen molar-refractivity contribution in [2.75, 3.05) is 6.54 Å². The van der Waals surface area contributed by atoms with Crippen molar-refractivity contribution in [3.8, 4) is 0 Å². The third-order valence-corrected chi connectivity index (χ3v) is 5.19. The number of rotatable bonds is 4. The van der Waals surface area contributed by atoms with Crippen LogP contribution in [0.15, 0.2) is 30.3 Å². The van der Waals surface area contributed by atoms with Crippen LogP contribution in [0.4, 0.5) is 4.79 Å². The van der Waals surface area contributed by atoms with Crippen molar-refractivity contribution in [3.63, 3.8) is 0 Å². The lowest BCUT2D eigenvalue weighted by molar-refractivity contribution is -0.134. The van der Waals surface area contributed by atoms with E-state index >= 15 is 0 Å². The molecule has 4 heteroatoms. The molecule has 2 atom stereocenters. The van der Waals surface area contributed by atoms with E-state index in [4.69, 9.17) is 0 Å². The first-order chi connectivity index (χ1) is 10.6. The SMILES string of the molecule is C[C@@H]1CCCC[C@@]12NC(=O)N(CCCc1ccccc1)C2=O. The van der Waals surface area contributed by atoms with Crippen molar-refractivity contribution in [2.45, 2.75) is 51.0 Å². The quantitative estimate of drug-likeness (QED) is 0.869. The highest BCUT2D eigenvalue weighted by Gasteiger charge is 2.54. The second-order valence-corrected chi connectivity index (χ2v) is 6.59. The third kappa shape index (κ3) is 2.62. The number of benzene rings is 1. The summed E-state index contributed by atoms with van der Waals surface area (Å²) in [6.45, 7) is 2.60. The number of carbonyl (C=O) groups is 2. The molecular formula is C18H24N2O2. The maximum atomic E-state index is 12.8. The molecule has 1 heterocycles. The van der Waals surface area contributed by atoms with Crippen LogP contribution < -0.4 is 5.32 Å². The molecule has 3 amide bonds. The standard InChI is InChI=1S/C18H24N2O2/c1-14-8-5-6-12-18(14)16(21)20(17(22)19-18)13-7-11-15-9-3-2-4-10-15/h2-4,9-10,14H,5-8,11-13H2,1H3,(H,19,22)/t14-,18-/m1/s1. The Kier molecular flexibility index (Phi) is 4.19. The number of amides is 3. The maximum absolute atomic E-state index is 12.8. The summed E-state index contributed by atoms with van der Waals surface area (Å²) in [6.07, 6.45) is 5.68. The van der Waals surface area contributed by atoms with E-state index in [1.165, 1.54) is 10.5 Å². The molecular weight excluding hydrogens is 276 g/mol. The van der Waals surface area contributed by atoms with E-state index in [0.29, 0.717) is 6.54 Å². The van der Waals surface area contributed by atoms with Crippen molar-refractivity contribution in [1.29, 1.82) is 0 Å². The van der Waals surface area contributed by atoms with E-state index in [0.717, 1.165) is 38.5 Å². The van der Waals surface area contributed by atoms with Gasteiger partial charge in [0.2, 0.25) is 0 Å². The summed E-state index contributed by atoms with van der Waals surface area (Å²) in [5, 5.41) is 3.00. The molecule has 0 bridgehead atoms. The van der Waals surface area contributed by atoms with Crippen LogP contribution in [0.25, 0.3) is 0 Å². The molecule has 0 radical (unpaired) electrons. The molecule has 118 valence electrons. The van der Waals surface area contributed by atoms with Gasteiger partial charge in [-0.05, 0) is 37.2 Å². The average molecular weight is 300 g/mol. The van der Waals surface area contributed by atoms with Crippen molar-refractivity contribution in [2.24, 2.45) is 5.92 Å². The molecule has 0 unspecified atom stereocenters. The summed E-state index contributed by atoms with van der Waals surface area (Å²) in [4.78, 5) is 26.5. The zero-order valence-corrected chi connectivity index (χ0v) is 13.2. The first-order valence-corrected chi connectivity index (χ1v) is 8.31. The van der Waals surface area contributed by atoms with Gasteiger partial charge >= 0.3 is 6.03 Å². The minimum Gasteiger partial charge on any atom is -0.323 e. The van der Waals surface area contributed by atoms with Gasteiger partial charge in [-0.3, -0.25) is 9.69 Å². The molecule has 1 aliphatic heterocycles. The molecule has 22 heavy (non-hydrogen) atoms. The zero-order chi connectivity index (χ0) is 15.6. The monoisotopic (exact) mass is 300 g/mol. The topological polar surface area (TPSA) is 49.4 Å². The van der Waals surface area contributed by atoms with Crippen LogP contribution >= 0.6 is 0 Å². The third-order valence-electron chi connectivity index (χ3n) is 5.19. The van der Waals surface area contributed by atoms with Crippen molar-refractivity contribution in [3.05, 3.63) is 35.9 Å². The molecule has 2 fully saturated rings. The Bertz CT molecular complexity index is 557. The lowest BCUT2D eigenvalue weighted by Crippen LogP contribution is -2.53. The number of nitrogens with one attached hydrogen (secondary N) is 1. The average Bonchev–Trinajstić information content (AvgIpc) is 2.76. The molecule has 3 rings (SSSR count). The number of hydrogen-bond acceptors (Lipinski definition) is 2. The summed E-state index contributed by atoms with van der Waals surface area (Å²) in [5.41, 5.74) is 0.623. The van der Waals surface area contributed by atoms with E-state index in [-0.39, 0.29) is 17.9 Å². The summed E-state index contributed by atoms with van der Waals surface area (Å²) in [5.74, 6) is 0.231. The fourth-order valence-electron chi connectivity index (χ4n) is 3.78. The van der Waals surface area contributed by atoms with Crippen molar-refractivity contribution < 1.29 is 9.59 Å². The lowest BCUT2D eigenvalue weighted by atomic mass is 9.73. The van der Waals surface area contributed by atoms with Gasteiger partial charge in [0.15, 0.2) is 0 Å². The first kappa shape index (κ1) is 15.1. The summed E-state index contributed by atoms with van der Waals surface area (Å²) >= 11 is 0. The number of imide groups is 1. The van der Waals surface area contributed by atoms with Gasteiger partial charge in [0.25, 0.3) is 5.91 Å². The molecule has 1 aliphatic carbocycles. The van der Waals surface area contributed by atoms with Gasteiger partial charge in [0.1, 0.15) is 5.54 Å². The van der Waals surface area contributed by atoms with Gasteiger partial charge in [0.05, 0.1) is 0 Å². The Balaban J connectivity index is 1.62. The van der Waals surface area contributed by atoms with Crippen molar-refractivity contribution >= 4 is 11.9 Å². The lowest BCUT2D eigenvalue weighted by Gasteiger charge is -2.36. The summed E-state index contributed by atoms with van der Waals surface area (Å²) in [7, 11) is 0. The molecule has 1 aromatic carbocycles. The van der Waals surface area contributed by atoms with Gasteiger partial charge in [0, 0.05) is 6.54 Å². The Hall–Kier alpha value is -1.84. The number of nitrogens with zero attached hydrogens (tertiary/aromatic N) is 1. The molecule has 1 spiro atoms. The predicted octanol–water partition coefficient (Wildman–Crippen LogP) is 3.12. The van der Waals surface area contributed by atoms with Crippen LogP contribution in [0.5, 0.6) is 0 Å². The second kappa shape index (κ2) is 6.11. The Morgan fingerprint density at radius 3 is 2.73 bits per heavy atom. The highest BCUT2D eigenvalue weighted by Crippen LogP contribution is 2.38. The minimum atomic E-state index is -0.623. The van der Waals surface area contributed by atoms with Gasteiger partial charge < -0.3 is 5.32 Å². The van der Waals surface area contributed by atoms with Gasteiger partial charge in [-0.25, -0.2) is 4.79 Å². The predicted molar refractivity (Wildman–Crippen MR) is 85.4 cm³/mol. The molecule has 1 saturated carbocycles. The Morgan fingerprint density at radius 2 is 2.00 bits per heavy atom. The summed E-state index contributed by atoms with van der Waals surface area (Å²) in [6, 6.07) is 9.98. The van der Waals surface area contributed by atoms with E-state index in [2.05, 4.69) is 24.4 Å². The fourth-order valence-corrected chi connectivity index (χ4v) is 3.78. The smallest absolute Gasteiger partial charge is 0.323 e. The van der Waals surface area contributed by atoms with Crippen molar-refractivity contribution in [1.82, 2.24) is 10.2 Å². The molecule has 0 aromatic heterocycles. The van der Waals surface area contributed by atoms with E-state index in [9.17, 15) is 9.59 Å². The molecule has 1 N–H and O–H groups in total. The van der Waals surface area contributed by atoms with Crippen LogP contribution in [0, 0.1) is 5.92 Å². The molecule has 1 saturated heterocycles. The van der Waals surface area contributed by atoms with Gasteiger partial charge in [-0.2, -0.15) is 0 Å². The number of urea groups is 1. The van der Waals surface area contributed by atoms with Crippen LogP contribution in [0.2, 0.25) is 0 Å². The van der Waals surface area contributed by atoms with E-state index in [1.54, 1.807) is 0 Å². The van der Waals surface area contributed by atoms with Crippen LogP contribution in [0.1, 0.15) is 44.6 Å².